The maximum absolute atomic E-state index is 13.9. The molecule has 17 heteroatoms. The molecular weight excluding hydrogens is 998 g/mol. The van der Waals surface area contributed by atoms with Crippen molar-refractivity contribution in [2.45, 2.75) is 33.1 Å². The highest BCUT2D eigenvalue weighted by Gasteiger charge is 2.21. The fourth-order valence-electron chi connectivity index (χ4n) is 8.68. The lowest BCUT2D eigenvalue weighted by Crippen LogP contribution is -3.00. The van der Waals surface area contributed by atoms with Gasteiger partial charge in [0.1, 0.15) is 59.2 Å². The molecule has 2 aromatic heterocycles. The number of halogens is 3. The Balaban J connectivity index is 0.000000262. The molecule has 0 saturated heterocycles. The number of likely N-dealkylation sites (N-methyl/N-ethyl adjacent to an activating group) is 2. The number of carbonyl (C=O) groups is 3. The number of amidine groups is 2. The first-order chi connectivity index (χ1) is 36.1. The van der Waals surface area contributed by atoms with Gasteiger partial charge in [0.05, 0.1) is 28.2 Å². The number of benzene rings is 6. The lowest BCUT2D eigenvalue weighted by Gasteiger charge is -2.27. The van der Waals surface area contributed by atoms with Crippen LogP contribution in [0, 0.1) is 22.5 Å². The highest BCUT2D eigenvalue weighted by molar-refractivity contribution is 6.00. The van der Waals surface area contributed by atoms with Crippen molar-refractivity contribution in [1.82, 2.24) is 28.7 Å². The molecule has 0 aliphatic heterocycles. The molecule has 0 atom stereocenters. The van der Waals surface area contributed by atoms with Crippen LogP contribution >= 0.6 is 0 Å². The fourth-order valence-corrected chi connectivity index (χ4v) is 8.68. The second kappa shape index (κ2) is 26.2. The highest BCUT2D eigenvalue weighted by Crippen LogP contribution is 2.26. The third kappa shape index (κ3) is 15.7. The fraction of sp³-hybridized carbons (Fsp3) is 0.183. The zero-order valence-electron chi connectivity index (χ0n) is 43.9. The number of amides is 2. The van der Waals surface area contributed by atoms with Crippen LogP contribution in [0.4, 0.5) is 20.2 Å². The summed E-state index contributed by atoms with van der Waals surface area (Å²) in [7, 11) is 8.47. The Morgan fingerprint density at radius 1 is 0.571 bits per heavy atom. The van der Waals surface area contributed by atoms with E-state index < -0.39 is 5.97 Å². The summed E-state index contributed by atoms with van der Waals surface area (Å²) in [5.41, 5.74) is 20.9. The molecule has 14 nitrogen and oxygen atoms in total. The predicted octanol–water partition coefficient (Wildman–Crippen LogP) is 5.35. The molecule has 0 fully saturated rings. The number of nitrogens with one attached hydrogen (secondary N) is 4. The molecule has 2 heterocycles. The molecule has 2 amide bonds. The Morgan fingerprint density at radius 3 is 1.25 bits per heavy atom. The normalized spacial score (nSPS) is 11.0. The van der Waals surface area contributed by atoms with E-state index in [1.165, 1.54) is 24.3 Å². The Hall–Kier alpha value is -8.70. The molecular formula is C60H65ClF2N10O4. The SMILES string of the molecule is C=CC[N+](C)(C)c1ccc(CNC(=O)c2cc3cc(F)ccc3n2Cc2cccc(C(=N)N)c2)cc1.C=CC[N+](C)(C)c1ccc(CNC(=O)c2cc3cc(F)ccc3n2Cc2cccc(C(=N)N)c2)cc1.CC(=O)[O-].[Cl-]. The number of nitrogens with two attached hydrogens (primary N) is 2. The third-order valence-corrected chi connectivity index (χ3v) is 12.7. The molecule has 8 N–H and O–H groups in total. The maximum Gasteiger partial charge on any atom is 0.268 e. The summed E-state index contributed by atoms with van der Waals surface area (Å²) in [5.74, 6) is -2.34. The molecule has 6 aromatic carbocycles. The number of carboxylic acid groups (broad SMARTS) is 1. The van der Waals surface area contributed by atoms with Gasteiger partial charge in [-0.15, -0.1) is 0 Å². The summed E-state index contributed by atoms with van der Waals surface area (Å²) in [6.07, 6.45) is 3.80. The molecule has 8 aromatic rings. The van der Waals surface area contributed by atoms with Crippen LogP contribution in [-0.4, -0.2) is 79.9 Å². The molecule has 400 valence electrons. The molecule has 0 radical (unpaired) electrons. The van der Waals surface area contributed by atoms with E-state index >= 15 is 0 Å². The third-order valence-electron chi connectivity index (χ3n) is 12.7. The van der Waals surface area contributed by atoms with Crippen LogP contribution < -0.4 is 48.6 Å². The van der Waals surface area contributed by atoms with Crippen LogP contribution in [0.1, 0.15) is 61.3 Å². The summed E-state index contributed by atoms with van der Waals surface area (Å²) in [6, 6.07) is 43.4. The Bertz CT molecular complexity index is 3210. The first-order valence-corrected chi connectivity index (χ1v) is 24.3. The lowest BCUT2D eigenvalue weighted by atomic mass is 10.1. The predicted molar refractivity (Wildman–Crippen MR) is 300 cm³/mol. The number of nitrogens with zero attached hydrogens (tertiary/aromatic N) is 4. The quantitative estimate of drug-likeness (QED) is 0.0289. The van der Waals surface area contributed by atoms with Gasteiger partial charge in [0.2, 0.25) is 0 Å². The lowest BCUT2D eigenvalue weighted by molar-refractivity contribution is -0.302. The maximum atomic E-state index is 13.9. The van der Waals surface area contributed by atoms with Crippen LogP contribution in [0.15, 0.2) is 171 Å². The van der Waals surface area contributed by atoms with Crippen molar-refractivity contribution in [3.63, 3.8) is 0 Å². The molecule has 0 saturated carbocycles. The van der Waals surface area contributed by atoms with Gasteiger partial charge in [0.25, 0.3) is 11.8 Å². The number of aromatic nitrogens is 2. The average molecular weight is 1060 g/mol. The minimum Gasteiger partial charge on any atom is -1.00 e. The average Bonchev–Trinajstić information content (AvgIpc) is 3.95. The van der Waals surface area contributed by atoms with Crippen molar-refractivity contribution in [3.8, 4) is 0 Å². The van der Waals surface area contributed by atoms with Gasteiger partial charge >= 0.3 is 0 Å². The molecule has 0 unspecified atom stereocenters. The van der Waals surface area contributed by atoms with E-state index in [-0.39, 0.29) is 47.5 Å². The van der Waals surface area contributed by atoms with Gasteiger partial charge in [0, 0.05) is 65.1 Å². The van der Waals surface area contributed by atoms with Gasteiger partial charge in [-0.3, -0.25) is 29.4 Å². The minimum absolute atomic E-state index is 0. The van der Waals surface area contributed by atoms with E-state index in [4.69, 9.17) is 32.2 Å². The van der Waals surface area contributed by atoms with Crippen molar-refractivity contribution >= 4 is 62.6 Å². The Kier molecular flexibility index (Phi) is 20.1. The number of carbonyl (C=O) groups excluding carboxylic acids is 3. The van der Waals surface area contributed by atoms with Crippen molar-refractivity contribution < 1.29 is 40.7 Å². The number of nitrogen functional groups attached to an aromatic ring is 2. The van der Waals surface area contributed by atoms with E-state index in [9.17, 15) is 18.4 Å². The van der Waals surface area contributed by atoms with Gasteiger partial charge in [-0.1, -0.05) is 73.8 Å². The zero-order valence-corrected chi connectivity index (χ0v) is 44.6. The van der Waals surface area contributed by atoms with E-state index in [2.05, 4.69) is 76.2 Å². The van der Waals surface area contributed by atoms with E-state index in [1.54, 1.807) is 36.4 Å². The van der Waals surface area contributed by atoms with E-state index in [0.717, 1.165) is 64.7 Å². The number of hydrogen-bond donors (Lipinski definition) is 6. The molecule has 0 spiro atoms. The number of rotatable bonds is 18. The number of carboxylic acids is 1. The topological polar surface area (TPSA) is 208 Å². The van der Waals surface area contributed by atoms with E-state index in [1.807, 2.05) is 81.9 Å². The Labute approximate surface area is 454 Å². The Morgan fingerprint density at radius 2 is 0.922 bits per heavy atom. The number of hydrogen-bond acceptors (Lipinski definition) is 6. The van der Waals surface area contributed by atoms with Crippen LogP contribution in [0.5, 0.6) is 0 Å². The van der Waals surface area contributed by atoms with Crippen molar-refractivity contribution in [2.75, 3.05) is 41.3 Å². The minimum atomic E-state index is -1.08. The van der Waals surface area contributed by atoms with Crippen LogP contribution in [-0.2, 0) is 31.0 Å². The zero-order chi connectivity index (χ0) is 55.3. The number of fused-ring (bicyclic) bond motifs is 2. The van der Waals surface area contributed by atoms with E-state index in [0.29, 0.717) is 68.4 Å². The van der Waals surface area contributed by atoms with Gasteiger partial charge < -0.3 is 53.5 Å². The second-order valence-corrected chi connectivity index (χ2v) is 19.4. The largest absolute Gasteiger partial charge is 1.00 e. The first-order valence-electron chi connectivity index (χ1n) is 24.3. The molecule has 0 bridgehead atoms. The van der Waals surface area contributed by atoms with Crippen molar-refractivity contribution in [3.05, 3.63) is 227 Å². The van der Waals surface area contributed by atoms with Crippen LogP contribution in [0.3, 0.4) is 0 Å². The molecule has 0 aliphatic rings. The van der Waals surface area contributed by atoms with Gasteiger partial charge in [0.15, 0.2) is 0 Å². The van der Waals surface area contributed by atoms with Crippen LogP contribution in [0.2, 0.25) is 0 Å². The second-order valence-electron chi connectivity index (χ2n) is 19.4. The van der Waals surface area contributed by atoms with Gasteiger partial charge in [-0.2, -0.15) is 0 Å². The first kappa shape index (κ1) is 59.2. The smallest absolute Gasteiger partial charge is 0.268 e. The standard InChI is InChI=1S/2C29H30FN5O.C2H4O2.ClH/c2*1-4-14-35(2,3)25-11-8-20(9-12-25)18-33-29(36)27-17-23-16-24(30)10-13-26(23)34(27)19-21-6-5-7-22(15-21)28(31)32;1-2(3)4;/h2*4-13,15-17H,1,14,18-19H2,2-3H3,(H3-,31,32,33,36);1H3,(H,3,4);1H. The van der Waals surface area contributed by atoms with Gasteiger partial charge in [-0.05, 0) is 126 Å². The summed E-state index contributed by atoms with van der Waals surface area (Å²) in [5, 5.41) is 31.6. The number of aliphatic carboxylic acids is 1. The highest BCUT2D eigenvalue weighted by atomic mass is 35.5. The summed E-state index contributed by atoms with van der Waals surface area (Å²) in [4.78, 5) is 35.4. The molecule has 8 rings (SSSR count). The summed E-state index contributed by atoms with van der Waals surface area (Å²) < 4.78 is 33.0. The number of quaternary nitrogens is 2. The summed E-state index contributed by atoms with van der Waals surface area (Å²) in [6.45, 7) is 11.8. The monoisotopic (exact) mass is 1060 g/mol. The van der Waals surface area contributed by atoms with Crippen molar-refractivity contribution in [2.24, 2.45) is 11.5 Å². The molecule has 0 aliphatic carbocycles. The van der Waals surface area contributed by atoms with Crippen LogP contribution in [0.25, 0.3) is 21.8 Å². The van der Waals surface area contributed by atoms with Crippen molar-refractivity contribution in [1.29, 1.82) is 10.8 Å². The van der Waals surface area contributed by atoms with Gasteiger partial charge in [-0.25, -0.2) is 8.78 Å². The summed E-state index contributed by atoms with van der Waals surface area (Å²) >= 11 is 0. The molecule has 77 heavy (non-hydrogen) atoms.